The third-order valence-corrected chi connectivity index (χ3v) is 8.89. The fourth-order valence-electron chi connectivity index (χ4n) is 6.61. The summed E-state index contributed by atoms with van der Waals surface area (Å²) in [5.41, 5.74) is 1.62. The third kappa shape index (κ3) is 6.17. The van der Waals surface area contributed by atoms with Gasteiger partial charge in [-0.1, -0.05) is 13.8 Å². The monoisotopic (exact) mass is 552 g/mol. The molecule has 5 rings (SSSR count). The Morgan fingerprint density at radius 3 is 2.25 bits per heavy atom. The summed E-state index contributed by atoms with van der Waals surface area (Å²) in [6.07, 6.45) is 3.43. The second kappa shape index (κ2) is 12.3. The van der Waals surface area contributed by atoms with Crippen LogP contribution in [0, 0.1) is 5.92 Å². The van der Waals surface area contributed by atoms with Gasteiger partial charge in [0.1, 0.15) is 12.1 Å². The summed E-state index contributed by atoms with van der Waals surface area (Å²) in [5, 5.41) is 2.97. The van der Waals surface area contributed by atoms with Crippen molar-refractivity contribution in [3.63, 3.8) is 0 Å². The molecule has 1 N–H and O–H groups in total. The maximum absolute atomic E-state index is 13.8. The molecule has 1 aromatic rings. The van der Waals surface area contributed by atoms with E-state index in [0.717, 1.165) is 45.0 Å². The molecule has 40 heavy (non-hydrogen) atoms. The summed E-state index contributed by atoms with van der Waals surface area (Å²) in [6, 6.07) is 5.92. The number of anilines is 1. The normalized spacial score (nSPS) is 24.6. The first-order valence-electron chi connectivity index (χ1n) is 14.9. The Balaban J connectivity index is 1.23. The second-order valence-electron chi connectivity index (χ2n) is 12.3. The Hall–Kier alpha value is -2.98. The standard InChI is InChI=1S/C30H44N6O4/c1-21(2)18-24(31-29(39)22-6-8-23(9-7-22)34-11-4-5-12-34)30(40)35-13-10-25-28(35)26(37)19-36(25)27(38)20-33-16-14-32(3)15-17-33/h6-9,21,24-25,28H,4-5,10-20H2,1-3H3,(H,31,39). The summed E-state index contributed by atoms with van der Waals surface area (Å²) in [5.74, 6) is -0.473. The van der Waals surface area contributed by atoms with Gasteiger partial charge in [0, 0.05) is 57.1 Å². The Morgan fingerprint density at radius 1 is 0.925 bits per heavy atom. The van der Waals surface area contributed by atoms with Crippen molar-refractivity contribution >= 4 is 29.2 Å². The third-order valence-electron chi connectivity index (χ3n) is 8.89. The SMILES string of the molecule is CC(C)CC(NC(=O)c1ccc(N2CCCC2)cc1)C(=O)N1CCC2C1C(=O)CN2C(=O)CN1CCN(C)CC1. The van der Waals surface area contributed by atoms with Gasteiger partial charge in [-0.25, -0.2) is 0 Å². The summed E-state index contributed by atoms with van der Waals surface area (Å²) >= 11 is 0. The molecule has 0 radical (unpaired) electrons. The molecule has 3 amide bonds. The summed E-state index contributed by atoms with van der Waals surface area (Å²) in [4.78, 5) is 63.4. The lowest BCUT2D eigenvalue weighted by atomic mass is 10.0. The Kier molecular flexibility index (Phi) is 8.75. The first kappa shape index (κ1) is 28.5. The van der Waals surface area contributed by atoms with E-state index in [4.69, 9.17) is 0 Å². The number of Topliss-reactive ketones (excluding diaryl/α,β-unsaturated/α-hetero) is 1. The van der Waals surface area contributed by atoms with Crippen LogP contribution >= 0.6 is 0 Å². The molecule has 0 aromatic heterocycles. The average Bonchev–Trinajstić information content (AvgIpc) is 3.68. The van der Waals surface area contributed by atoms with E-state index in [-0.39, 0.29) is 42.0 Å². The second-order valence-corrected chi connectivity index (χ2v) is 12.3. The molecular formula is C30H44N6O4. The highest BCUT2D eigenvalue weighted by Gasteiger charge is 2.52. The number of piperazine rings is 1. The van der Waals surface area contributed by atoms with Gasteiger partial charge in [0.15, 0.2) is 5.78 Å². The van der Waals surface area contributed by atoms with E-state index in [0.29, 0.717) is 31.5 Å². The maximum Gasteiger partial charge on any atom is 0.251 e. The topological polar surface area (TPSA) is 96.5 Å². The van der Waals surface area contributed by atoms with E-state index in [1.165, 1.54) is 12.8 Å². The fourth-order valence-corrected chi connectivity index (χ4v) is 6.61. The number of hydrogen-bond acceptors (Lipinski definition) is 7. The molecule has 4 aliphatic rings. The highest BCUT2D eigenvalue weighted by atomic mass is 16.2. The van der Waals surface area contributed by atoms with Crippen molar-refractivity contribution in [2.24, 2.45) is 5.92 Å². The summed E-state index contributed by atoms with van der Waals surface area (Å²) in [6.45, 7) is 10.4. The lowest BCUT2D eigenvalue weighted by molar-refractivity contribution is -0.138. The van der Waals surface area contributed by atoms with Gasteiger partial charge in [0.05, 0.1) is 19.1 Å². The van der Waals surface area contributed by atoms with Crippen molar-refractivity contribution in [2.75, 3.05) is 70.9 Å². The molecule has 4 heterocycles. The number of amides is 3. The lowest BCUT2D eigenvalue weighted by Crippen LogP contribution is -2.53. The van der Waals surface area contributed by atoms with E-state index in [1.807, 2.05) is 38.1 Å². The van der Waals surface area contributed by atoms with E-state index in [1.54, 1.807) is 9.80 Å². The predicted molar refractivity (Wildman–Crippen MR) is 153 cm³/mol. The van der Waals surface area contributed by atoms with Crippen molar-refractivity contribution in [2.45, 2.75) is 57.7 Å². The summed E-state index contributed by atoms with van der Waals surface area (Å²) < 4.78 is 0. The molecule has 0 aliphatic carbocycles. The van der Waals surface area contributed by atoms with Crippen LogP contribution < -0.4 is 10.2 Å². The van der Waals surface area contributed by atoms with E-state index in [9.17, 15) is 19.2 Å². The first-order valence-corrected chi connectivity index (χ1v) is 14.9. The van der Waals surface area contributed by atoms with Gasteiger partial charge in [0.2, 0.25) is 11.8 Å². The molecule has 0 bridgehead atoms. The number of likely N-dealkylation sites (tertiary alicyclic amines) is 2. The lowest BCUT2D eigenvalue weighted by Gasteiger charge is -2.33. The molecule has 3 atom stereocenters. The highest BCUT2D eigenvalue weighted by molar-refractivity contribution is 6.01. The average molecular weight is 553 g/mol. The van der Waals surface area contributed by atoms with Gasteiger partial charge < -0.3 is 24.9 Å². The van der Waals surface area contributed by atoms with Crippen LogP contribution in [0.3, 0.4) is 0 Å². The van der Waals surface area contributed by atoms with Crippen LogP contribution in [0.4, 0.5) is 5.69 Å². The summed E-state index contributed by atoms with van der Waals surface area (Å²) in [7, 11) is 2.08. The molecule has 10 nitrogen and oxygen atoms in total. The quantitative estimate of drug-likeness (QED) is 0.515. The molecule has 218 valence electrons. The molecule has 0 spiro atoms. The number of ketones is 1. The highest BCUT2D eigenvalue weighted by Crippen LogP contribution is 2.31. The van der Waals surface area contributed by atoms with Crippen molar-refractivity contribution in [3.05, 3.63) is 29.8 Å². The van der Waals surface area contributed by atoms with E-state index in [2.05, 4.69) is 27.1 Å². The van der Waals surface area contributed by atoms with Gasteiger partial charge in [-0.3, -0.25) is 24.1 Å². The zero-order valence-electron chi connectivity index (χ0n) is 24.2. The maximum atomic E-state index is 13.8. The zero-order chi connectivity index (χ0) is 28.4. The number of benzene rings is 1. The van der Waals surface area contributed by atoms with Crippen LogP contribution in [0.15, 0.2) is 24.3 Å². The molecular weight excluding hydrogens is 508 g/mol. The van der Waals surface area contributed by atoms with Crippen LogP contribution in [0.1, 0.15) is 49.9 Å². The van der Waals surface area contributed by atoms with Gasteiger partial charge in [0.25, 0.3) is 5.91 Å². The minimum atomic E-state index is -0.729. The van der Waals surface area contributed by atoms with E-state index >= 15 is 0 Å². The van der Waals surface area contributed by atoms with Gasteiger partial charge in [-0.15, -0.1) is 0 Å². The number of carbonyl (C=O) groups is 4. The van der Waals surface area contributed by atoms with E-state index < -0.39 is 12.1 Å². The number of rotatable bonds is 8. The number of fused-ring (bicyclic) bond motifs is 1. The van der Waals surface area contributed by atoms with Crippen LogP contribution in [-0.4, -0.2) is 127 Å². The van der Waals surface area contributed by atoms with Gasteiger partial charge in [-0.2, -0.15) is 0 Å². The number of hydrogen-bond donors (Lipinski definition) is 1. The predicted octanol–water partition coefficient (Wildman–Crippen LogP) is 1.06. The minimum Gasteiger partial charge on any atom is -0.372 e. The van der Waals surface area contributed by atoms with Gasteiger partial charge in [-0.05, 0) is 62.9 Å². The van der Waals surface area contributed by atoms with Crippen molar-refractivity contribution in [3.8, 4) is 0 Å². The Bertz CT molecular complexity index is 1090. The van der Waals surface area contributed by atoms with Gasteiger partial charge >= 0.3 is 0 Å². The van der Waals surface area contributed by atoms with Crippen LogP contribution in [0.25, 0.3) is 0 Å². The number of nitrogens with zero attached hydrogens (tertiary/aromatic N) is 5. The van der Waals surface area contributed by atoms with Crippen molar-refractivity contribution in [1.82, 2.24) is 24.9 Å². The van der Waals surface area contributed by atoms with Crippen molar-refractivity contribution in [1.29, 1.82) is 0 Å². The Morgan fingerprint density at radius 2 is 1.60 bits per heavy atom. The molecule has 1 aromatic carbocycles. The smallest absolute Gasteiger partial charge is 0.251 e. The molecule has 10 heteroatoms. The Labute approximate surface area is 237 Å². The molecule has 4 fully saturated rings. The minimum absolute atomic E-state index is 0.0379. The molecule has 0 saturated carbocycles. The zero-order valence-corrected chi connectivity index (χ0v) is 24.2. The number of nitrogens with one attached hydrogen (secondary N) is 1. The van der Waals surface area contributed by atoms with Crippen LogP contribution in [-0.2, 0) is 14.4 Å². The molecule has 4 saturated heterocycles. The molecule has 3 unspecified atom stereocenters. The van der Waals surface area contributed by atoms with Crippen LogP contribution in [0.2, 0.25) is 0 Å². The van der Waals surface area contributed by atoms with Crippen LogP contribution in [0.5, 0.6) is 0 Å². The number of likely N-dealkylation sites (N-methyl/N-ethyl adjacent to an activating group) is 1. The number of carbonyl (C=O) groups excluding carboxylic acids is 4. The largest absolute Gasteiger partial charge is 0.372 e. The fraction of sp³-hybridized carbons (Fsp3) is 0.667. The molecule has 4 aliphatic heterocycles. The van der Waals surface area contributed by atoms with Crippen molar-refractivity contribution < 1.29 is 19.2 Å². The first-order chi connectivity index (χ1) is 19.2.